The number of ether oxygens (including phenoxy) is 1. The number of halogens is 2. The number of anilines is 1. The number of pyridine rings is 1. The van der Waals surface area contributed by atoms with Crippen LogP contribution in [0.15, 0.2) is 35.6 Å². The third-order valence-electron chi connectivity index (χ3n) is 6.47. The van der Waals surface area contributed by atoms with Crippen LogP contribution in [0.1, 0.15) is 58.6 Å². The molecule has 2 aromatic heterocycles. The zero-order valence-electron chi connectivity index (χ0n) is 22.6. The van der Waals surface area contributed by atoms with Gasteiger partial charge in [0, 0.05) is 25.7 Å². The number of carbonyl (C=O) groups is 1. The Kier molecular flexibility index (Phi) is 7.77. The number of hydrogen-bond acceptors (Lipinski definition) is 6. The maximum absolute atomic E-state index is 13.8. The number of aromatic nitrogens is 3. The van der Waals surface area contributed by atoms with Gasteiger partial charge in [0.1, 0.15) is 16.6 Å². The van der Waals surface area contributed by atoms with E-state index in [0.717, 1.165) is 11.1 Å². The van der Waals surface area contributed by atoms with Crippen LogP contribution in [0.4, 0.5) is 10.6 Å². The van der Waals surface area contributed by atoms with Crippen molar-refractivity contribution in [3.8, 4) is 5.69 Å². The summed E-state index contributed by atoms with van der Waals surface area (Å²) in [5.41, 5.74) is 1.68. The summed E-state index contributed by atoms with van der Waals surface area (Å²) in [5, 5.41) is 0.938. The number of rotatable bonds is 4. The molecule has 1 fully saturated rings. The van der Waals surface area contributed by atoms with Gasteiger partial charge >= 0.3 is 11.8 Å². The SMILES string of the molecule is C=Cc1cccc(C(C)C)c1-n1c(=O)nc(N2CCN(C(=O)OC(C)(C)C)C[C@@H]2C)c2cc(Cl)c(Cl)nc21. The Balaban J connectivity index is 1.87. The predicted octanol–water partition coefficient (Wildman–Crippen LogP) is 6.30. The topological polar surface area (TPSA) is 80.6 Å². The molecule has 3 aromatic rings. The lowest BCUT2D eigenvalue weighted by atomic mass is 9.97. The van der Waals surface area contributed by atoms with Crippen molar-refractivity contribution in [1.29, 1.82) is 0 Å². The van der Waals surface area contributed by atoms with Crippen LogP contribution in [-0.2, 0) is 4.74 Å². The first kappa shape index (κ1) is 27.9. The molecule has 8 nitrogen and oxygen atoms in total. The molecule has 1 saturated heterocycles. The van der Waals surface area contributed by atoms with Gasteiger partial charge in [-0.1, -0.05) is 67.9 Å². The Morgan fingerprint density at radius 2 is 1.92 bits per heavy atom. The van der Waals surface area contributed by atoms with Gasteiger partial charge in [0.2, 0.25) is 0 Å². The van der Waals surface area contributed by atoms with Gasteiger partial charge in [0.15, 0.2) is 5.65 Å². The third kappa shape index (κ3) is 5.38. The molecule has 202 valence electrons. The third-order valence-corrected chi connectivity index (χ3v) is 7.15. The first-order valence-corrected chi connectivity index (χ1v) is 13.4. The molecule has 1 aliphatic rings. The van der Waals surface area contributed by atoms with Crippen LogP contribution in [0.3, 0.4) is 0 Å². The lowest BCUT2D eigenvalue weighted by Gasteiger charge is -2.41. The minimum Gasteiger partial charge on any atom is -0.444 e. The number of piperazine rings is 1. The second-order valence-electron chi connectivity index (χ2n) is 10.8. The highest BCUT2D eigenvalue weighted by atomic mass is 35.5. The zero-order valence-corrected chi connectivity index (χ0v) is 24.1. The van der Waals surface area contributed by atoms with Gasteiger partial charge in [-0.25, -0.2) is 19.1 Å². The van der Waals surface area contributed by atoms with E-state index in [9.17, 15) is 9.59 Å². The van der Waals surface area contributed by atoms with Crippen LogP contribution < -0.4 is 10.6 Å². The van der Waals surface area contributed by atoms with Crippen molar-refractivity contribution in [2.45, 2.75) is 59.1 Å². The number of nitrogens with zero attached hydrogens (tertiary/aromatic N) is 5. The summed E-state index contributed by atoms with van der Waals surface area (Å²) in [6.07, 6.45) is 1.35. The van der Waals surface area contributed by atoms with Crippen molar-refractivity contribution < 1.29 is 9.53 Å². The van der Waals surface area contributed by atoms with Crippen molar-refractivity contribution in [2.75, 3.05) is 24.5 Å². The molecule has 0 radical (unpaired) electrons. The summed E-state index contributed by atoms with van der Waals surface area (Å²) in [7, 11) is 0. The van der Waals surface area contributed by atoms with Crippen molar-refractivity contribution in [3.63, 3.8) is 0 Å². The monoisotopic (exact) mass is 557 g/mol. The molecular formula is C28H33Cl2N5O3. The Labute approximate surface area is 232 Å². The van der Waals surface area contributed by atoms with Gasteiger partial charge in [-0.3, -0.25) is 0 Å². The fourth-order valence-electron chi connectivity index (χ4n) is 4.74. The number of benzene rings is 1. The molecule has 1 aromatic carbocycles. The van der Waals surface area contributed by atoms with E-state index in [1.54, 1.807) is 17.0 Å². The number of fused-ring (bicyclic) bond motifs is 1. The maximum atomic E-state index is 13.8. The van der Waals surface area contributed by atoms with Gasteiger partial charge in [-0.15, -0.1) is 0 Å². The van der Waals surface area contributed by atoms with Crippen LogP contribution >= 0.6 is 23.2 Å². The molecule has 0 bridgehead atoms. The van der Waals surface area contributed by atoms with Gasteiger partial charge in [-0.05, 0) is 50.8 Å². The Bertz CT molecular complexity index is 1460. The summed E-state index contributed by atoms with van der Waals surface area (Å²) >= 11 is 12.8. The maximum Gasteiger partial charge on any atom is 0.410 e. The van der Waals surface area contributed by atoms with E-state index in [0.29, 0.717) is 42.2 Å². The summed E-state index contributed by atoms with van der Waals surface area (Å²) in [6.45, 7) is 16.8. The van der Waals surface area contributed by atoms with Crippen molar-refractivity contribution in [1.82, 2.24) is 19.4 Å². The predicted molar refractivity (Wildman–Crippen MR) is 154 cm³/mol. The number of hydrogen-bond donors (Lipinski definition) is 0. The fraction of sp³-hybridized carbons (Fsp3) is 0.429. The molecule has 3 heterocycles. The van der Waals surface area contributed by atoms with Crippen LogP contribution in [0.5, 0.6) is 0 Å². The van der Waals surface area contributed by atoms with Gasteiger partial charge in [-0.2, -0.15) is 4.98 Å². The molecule has 10 heteroatoms. The van der Waals surface area contributed by atoms with Crippen molar-refractivity contribution >= 4 is 52.2 Å². The van der Waals surface area contributed by atoms with Crippen LogP contribution in [0, 0.1) is 0 Å². The first-order chi connectivity index (χ1) is 17.8. The van der Waals surface area contributed by atoms with Gasteiger partial charge < -0.3 is 14.5 Å². The number of amides is 1. The lowest BCUT2D eigenvalue weighted by Crippen LogP contribution is -2.55. The summed E-state index contributed by atoms with van der Waals surface area (Å²) in [6, 6.07) is 7.37. The second-order valence-corrected chi connectivity index (χ2v) is 11.6. The molecule has 0 aliphatic carbocycles. The summed E-state index contributed by atoms with van der Waals surface area (Å²) in [5.74, 6) is 0.570. The van der Waals surface area contributed by atoms with E-state index >= 15 is 0 Å². The van der Waals surface area contributed by atoms with Crippen LogP contribution in [0.2, 0.25) is 10.2 Å². The second kappa shape index (κ2) is 10.6. The largest absolute Gasteiger partial charge is 0.444 e. The van der Waals surface area contributed by atoms with E-state index in [1.807, 2.05) is 50.8 Å². The molecule has 1 aliphatic heterocycles. The van der Waals surface area contributed by atoms with Crippen molar-refractivity contribution in [3.05, 3.63) is 62.6 Å². The Hall–Kier alpha value is -3.10. The molecule has 1 atom stereocenters. The standard InChI is InChI=1S/C28H33Cl2N5O3/c1-8-18-10-9-11-19(16(2)3)22(18)35-25-20(14-21(29)23(30)31-25)24(32-26(35)36)34-13-12-33(15-17(34)4)27(37)38-28(5,6)7/h8-11,14,16-17H,1,12-13,15H2,2-7H3/t17-/m0/s1. The quantitative estimate of drug-likeness (QED) is 0.350. The molecule has 0 saturated carbocycles. The first-order valence-electron chi connectivity index (χ1n) is 12.6. The number of carbonyl (C=O) groups excluding carboxylic acids is 1. The van der Waals surface area contributed by atoms with E-state index < -0.39 is 11.3 Å². The van der Waals surface area contributed by atoms with E-state index in [4.69, 9.17) is 27.9 Å². The Morgan fingerprint density at radius 3 is 2.53 bits per heavy atom. The van der Waals surface area contributed by atoms with E-state index in [2.05, 4.69) is 30.4 Å². The highest BCUT2D eigenvalue weighted by Gasteiger charge is 2.32. The highest BCUT2D eigenvalue weighted by molar-refractivity contribution is 6.41. The molecule has 0 spiro atoms. The molecule has 0 unspecified atom stereocenters. The summed E-state index contributed by atoms with van der Waals surface area (Å²) < 4.78 is 7.05. The highest BCUT2D eigenvalue weighted by Crippen LogP contribution is 2.34. The minimum absolute atomic E-state index is 0.0921. The minimum atomic E-state index is -0.585. The number of para-hydroxylation sites is 1. The lowest BCUT2D eigenvalue weighted by molar-refractivity contribution is 0.0218. The smallest absolute Gasteiger partial charge is 0.410 e. The van der Waals surface area contributed by atoms with Gasteiger partial charge in [0.25, 0.3) is 0 Å². The fourth-order valence-corrected chi connectivity index (χ4v) is 5.02. The van der Waals surface area contributed by atoms with Gasteiger partial charge in [0.05, 0.1) is 16.1 Å². The van der Waals surface area contributed by atoms with E-state index in [1.165, 1.54) is 4.57 Å². The van der Waals surface area contributed by atoms with E-state index in [-0.39, 0.29) is 28.2 Å². The normalized spacial score (nSPS) is 16.3. The molecule has 38 heavy (non-hydrogen) atoms. The molecule has 4 rings (SSSR count). The van der Waals surface area contributed by atoms with Crippen molar-refractivity contribution in [2.24, 2.45) is 0 Å². The average Bonchev–Trinajstić information content (AvgIpc) is 2.83. The van der Waals surface area contributed by atoms with Crippen LogP contribution in [0.25, 0.3) is 22.8 Å². The zero-order chi connectivity index (χ0) is 27.9. The molecular weight excluding hydrogens is 525 g/mol. The molecule has 1 amide bonds. The average molecular weight is 559 g/mol. The molecule has 0 N–H and O–H groups in total. The Morgan fingerprint density at radius 1 is 1.21 bits per heavy atom. The van der Waals surface area contributed by atoms with Crippen LogP contribution in [-0.4, -0.2) is 56.8 Å². The summed E-state index contributed by atoms with van der Waals surface area (Å²) in [4.78, 5) is 39.2.